The highest BCUT2D eigenvalue weighted by Crippen LogP contribution is 2.42. The first kappa shape index (κ1) is 18.6. The molecule has 1 saturated carbocycles. The molecule has 0 spiro atoms. The van der Waals surface area contributed by atoms with Gasteiger partial charge >= 0.3 is 0 Å². The van der Waals surface area contributed by atoms with E-state index in [-0.39, 0.29) is 0 Å². The van der Waals surface area contributed by atoms with Crippen LogP contribution in [0.1, 0.15) is 24.4 Å². The second kappa shape index (κ2) is 7.80. The van der Waals surface area contributed by atoms with Crippen LogP contribution in [0.3, 0.4) is 0 Å². The summed E-state index contributed by atoms with van der Waals surface area (Å²) in [6, 6.07) is 18.7. The Balaban J connectivity index is 1.49. The van der Waals surface area contributed by atoms with E-state index in [0.717, 1.165) is 52.9 Å². The van der Waals surface area contributed by atoms with Crippen molar-refractivity contribution in [2.45, 2.75) is 25.5 Å². The van der Waals surface area contributed by atoms with E-state index in [0.29, 0.717) is 24.4 Å². The minimum atomic E-state index is 0.404. The smallest absolute Gasteiger partial charge is 0.146 e. The predicted molar refractivity (Wildman–Crippen MR) is 119 cm³/mol. The van der Waals surface area contributed by atoms with Gasteiger partial charge in [-0.25, -0.2) is 9.97 Å². The van der Waals surface area contributed by atoms with Gasteiger partial charge in [0.05, 0.1) is 5.39 Å². The molecule has 6 nitrogen and oxygen atoms in total. The van der Waals surface area contributed by atoms with Crippen LogP contribution in [0.15, 0.2) is 67.1 Å². The molecule has 0 aliphatic heterocycles. The molecule has 1 aliphatic carbocycles. The molecular formula is C24H25N5O. The van der Waals surface area contributed by atoms with Crippen LogP contribution >= 0.6 is 0 Å². The molecule has 5 rings (SSSR count). The number of fused-ring (bicyclic) bond motifs is 1. The van der Waals surface area contributed by atoms with Gasteiger partial charge in [0.15, 0.2) is 0 Å². The van der Waals surface area contributed by atoms with Crippen LogP contribution < -0.4 is 16.2 Å². The lowest BCUT2D eigenvalue weighted by atomic mass is 9.80. The first-order chi connectivity index (χ1) is 14.7. The summed E-state index contributed by atoms with van der Waals surface area (Å²) in [5.41, 5.74) is 16.2. The molecule has 0 unspecified atom stereocenters. The van der Waals surface area contributed by atoms with E-state index < -0.39 is 0 Å². The Morgan fingerprint density at radius 2 is 1.87 bits per heavy atom. The van der Waals surface area contributed by atoms with E-state index in [1.165, 1.54) is 6.33 Å². The maximum Gasteiger partial charge on any atom is 0.146 e. The molecule has 4 aromatic rings. The number of hydrogen-bond donors (Lipinski definition) is 2. The summed E-state index contributed by atoms with van der Waals surface area (Å²) < 4.78 is 8.27. The van der Waals surface area contributed by atoms with Crippen LogP contribution in [0.2, 0.25) is 0 Å². The zero-order valence-corrected chi connectivity index (χ0v) is 16.7. The van der Waals surface area contributed by atoms with Crippen molar-refractivity contribution in [1.82, 2.24) is 14.5 Å². The van der Waals surface area contributed by atoms with Crippen molar-refractivity contribution >= 4 is 16.9 Å². The van der Waals surface area contributed by atoms with E-state index in [9.17, 15) is 0 Å². The first-order valence-electron chi connectivity index (χ1n) is 10.3. The number of nitrogens with two attached hydrogens (primary N) is 2. The van der Waals surface area contributed by atoms with Crippen LogP contribution in [-0.4, -0.2) is 21.1 Å². The van der Waals surface area contributed by atoms with Gasteiger partial charge < -0.3 is 20.8 Å². The lowest BCUT2D eigenvalue weighted by Crippen LogP contribution is -2.31. The fourth-order valence-electron chi connectivity index (χ4n) is 4.22. The molecule has 2 aromatic heterocycles. The second-order valence-electron chi connectivity index (χ2n) is 7.94. The number of anilines is 1. The van der Waals surface area contributed by atoms with Gasteiger partial charge in [0.1, 0.15) is 30.1 Å². The van der Waals surface area contributed by atoms with Crippen LogP contribution in [0.4, 0.5) is 5.82 Å². The Labute approximate surface area is 175 Å². The molecule has 4 N–H and O–H groups in total. The number of ether oxygens (including phenoxy) is 1. The van der Waals surface area contributed by atoms with Crippen molar-refractivity contribution in [3.05, 3.63) is 72.7 Å². The third-order valence-corrected chi connectivity index (χ3v) is 5.97. The van der Waals surface area contributed by atoms with Gasteiger partial charge in [-0.05, 0) is 48.6 Å². The van der Waals surface area contributed by atoms with Crippen LogP contribution in [0.5, 0.6) is 5.75 Å². The van der Waals surface area contributed by atoms with E-state index in [4.69, 9.17) is 16.2 Å². The maximum atomic E-state index is 6.28. The van der Waals surface area contributed by atoms with Gasteiger partial charge in [0.2, 0.25) is 0 Å². The van der Waals surface area contributed by atoms with Crippen molar-refractivity contribution < 1.29 is 4.74 Å². The largest absolute Gasteiger partial charge is 0.489 e. The van der Waals surface area contributed by atoms with E-state index in [2.05, 4.69) is 45.0 Å². The molecule has 0 radical (unpaired) electrons. The second-order valence-corrected chi connectivity index (χ2v) is 7.94. The van der Waals surface area contributed by atoms with E-state index in [1.807, 2.05) is 30.3 Å². The molecule has 30 heavy (non-hydrogen) atoms. The molecule has 0 amide bonds. The Bertz CT molecular complexity index is 1160. The molecule has 6 heteroatoms. The lowest BCUT2D eigenvalue weighted by molar-refractivity contribution is 0.209. The molecular weight excluding hydrogens is 374 g/mol. The number of rotatable bonds is 6. The van der Waals surface area contributed by atoms with Crippen molar-refractivity contribution in [3.63, 3.8) is 0 Å². The number of nitrogen functional groups attached to an aromatic ring is 1. The maximum absolute atomic E-state index is 6.28. The van der Waals surface area contributed by atoms with Gasteiger partial charge in [-0.1, -0.05) is 42.5 Å². The number of aromatic nitrogens is 3. The number of benzene rings is 2. The van der Waals surface area contributed by atoms with Gasteiger partial charge in [0.25, 0.3) is 0 Å². The van der Waals surface area contributed by atoms with Crippen molar-refractivity contribution in [2.75, 3.05) is 12.3 Å². The fraction of sp³-hybridized carbons (Fsp3) is 0.250. The molecule has 0 saturated heterocycles. The van der Waals surface area contributed by atoms with Crippen LogP contribution in [0, 0.1) is 5.92 Å². The zero-order valence-electron chi connectivity index (χ0n) is 16.7. The van der Waals surface area contributed by atoms with Gasteiger partial charge in [-0.3, -0.25) is 0 Å². The third-order valence-electron chi connectivity index (χ3n) is 5.97. The summed E-state index contributed by atoms with van der Waals surface area (Å²) in [5.74, 6) is 1.91. The summed E-state index contributed by atoms with van der Waals surface area (Å²) >= 11 is 0. The number of hydrogen-bond acceptors (Lipinski definition) is 5. The minimum absolute atomic E-state index is 0.404. The molecule has 2 heterocycles. The molecule has 0 atom stereocenters. The van der Waals surface area contributed by atoms with Crippen molar-refractivity contribution in [1.29, 1.82) is 0 Å². The molecule has 2 aromatic carbocycles. The molecule has 1 fully saturated rings. The van der Waals surface area contributed by atoms with Crippen LogP contribution in [0.25, 0.3) is 22.2 Å². The average molecular weight is 399 g/mol. The summed E-state index contributed by atoms with van der Waals surface area (Å²) in [6.07, 6.45) is 5.84. The van der Waals surface area contributed by atoms with Gasteiger partial charge in [0, 0.05) is 17.8 Å². The normalized spacial score (nSPS) is 18.3. The van der Waals surface area contributed by atoms with Gasteiger partial charge in [-0.2, -0.15) is 0 Å². The summed E-state index contributed by atoms with van der Waals surface area (Å²) in [4.78, 5) is 8.79. The fourth-order valence-corrected chi connectivity index (χ4v) is 4.22. The van der Waals surface area contributed by atoms with Crippen molar-refractivity contribution in [3.8, 4) is 16.9 Å². The zero-order chi connectivity index (χ0) is 20.5. The molecule has 0 bridgehead atoms. The Kier molecular flexibility index (Phi) is 4.85. The average Bonchev–Trinajstić information content (AvgIpc) is 3.13. The minimum Gasteiger partial charge on any atom is -0.489 e. The highest BCUT2D eigenvalue weighted by molar-refractivity contribution is 6.00. The van der Waals surface area contributed by atoms with Gasteiger partial charge in [-0.15, -0.1) is 0 Å². The monoisotopic (exact) mass is 399 g/mol. The third kappa shape index (κ3) is 3.39. The van der Waals surface area contributed by atoms with E-state index >= 15 is 0 Å². The number of nitrogens with zero attached hydrogens (tertiary/aromatic N) is 3. The van der Waals surface area contributed by atoms with Crippen LogP contribution in [-0.2, 0) is 6.61 Å². The summed E-state index contributed by atoms with van der Waals surface area (Å²) in [6.45, 7) is 1.26. The van der Waals surface area contributed by atoms with E-state index in [1.54, 1.807) is 0 Å². The standard InChI is InChI=1S/C24H25N5O/c25-12-17-9-19(10-17)29-13-21(22-23(26)27-15-28-24(22)29)18-7-4-8-20(11-18)30-14-16-5-2-1-3-6-16/h1-8,11,13,15,17,19H,9-10,12,14,25H2,(H2,26,27,28)/t17-,19+. The molecule has 152 valence electrons. The Morgan fingerprint density at radius 1 is 1.03 bits per heavy atom. The Morgan fingerprint density at radius 3 is 2.67 bits per heavy atom. The summed E-state index contributed by atoms with van der Waals surface area (Å²) in [7, 11) is 0. The summed E-state index contributed by atoms with van der Waals surface area (Å²) in [5, 5.41) is 0.897. The molecule has 1 aliphatic rings. The highest BCUT2D eigenvalue weighted by atomic mass is 16.5. The predicted octanol–water partition coefficient (Wildman–Crippen LogP) is 4.17. The Hall–Kier alpha value is -3.38. The quantitative estimate of drug-likeness (QED) is 0.508. The first-order valence-corrected chi connectivity index (χ1v) is 10.3. The highest BCUT2D eigenvalue weighted by Gasteiger charge is 2.31. The topological polar surface area (TPSA) is 92.0 Å². The SMILES string of the molecule is NC[C@H]1C[C@@H](n2cc(-c3cccc(OCc4ccccc4)c3)c3c(N)ncnc32)C1. The van der Waals surface area contributed by atoms with Crippen molar-refractivity contribution in [2.24, 2.45) is 11.7 Å². The lowest BCUT2D eigenvalue weighted by Gasteiger charge is -2.35.